The second-order valence-electron chi connectivity index (χ2n) is 5.62. The van der Waals surface area contributed by atoms with E-state index in [0.717, 1.165) is 0 Å². The molecule has 0 aliphatic heterocycles. The highest BCUT2D eigenvalue weighted by Crippen LogP contribution is 2.02. The average Bonchev–Trinajstić information content (AvgIpc) is 2.66. The lowest BCUT2D eigenvalue weighted by Gasteiger charge is -1.93. The fraction of sp³-hybridized carbons (Fsp3) is 0.625. The lowest BCUT2D eigenvalue weighted by Crippen LogP contribution is -1.74. The summed E-state index contributed by atoms with van der Waals surface area (Å²) >= 11 is 0. The smallest absolute Gasteiger partial charge is 0.0273 e. The van der Waals surface area contributed by atoms with Gasteiger partial charge < -0.3 is 4.99 Å². The molecule has 25 heavy (non-hydrogen) atoms. The summed E-state index contributed by atoms with van der Waals surface area (Å²) in [5, 5.41) is 0. The zero-order valence-corrected chi connectivity index (χ0v) is 19.0. The fourth-order valence-corrected chi connectivity index (χ4v) is 1.02. The molecule has 1 aromatic rings. The van der Waals surface area contributed by atoms with E-state index in [4.69, 9.17) is 0 Å². The molecule has 148 valence electrons. The van der Waals surface area contributed by atoms with Gasteiger partial charge in [-0.1, -0.05) is 96.2 Å². The van der Waals surface area contributed by atoms with Gasteiger partial charge in [0.15, 0.2) is 0 Å². The summed E-state index contributed by atoms with van der Waals surface area (Å²) in [5.41, 5.74) is 2.74. The lowest BCUT2D eigenvalue weighted by atomic mass is 10.1. The van der Waals surface area contributed by atoms with Crippen LogP contribution in [0.15, 0.2) is 41.4 Å². The molecule has 0 unspecified atom stereocenters. The molecule has 0 aromatic heterocycles. The molecule has 1 nitrogen and oxygen atoms in total. The van der Waals surface area contributed by atoms with E-state index < -0.39 is 0 Å². The minimum Gasteiger partial charge on any atom is -0.301 e. The van der Waals surface area contributed by atoms with Crippen molar-refractivity contribution in [1.29, 1.82) is 0 Å². The van der Waals surface area contributed by atoms with Crippen molar-refractivity contribution >= 4 is 6.21 Å². The van der Waals surface area contributed by atoms with Gasteiger partial charge in [0.25, 0.3) is 0 Å². The van der Waals surface area contributed by atoms with Crippen LogP contribution in [0.4, 0.5) is 0 Å². The van der Waals surface area contributed by atoms with Gasteiger partial charge in [-0.15, -0.1) is 0 Å². The summed E-state index contributed by atoms with van der Waals surface area (Å²) in [6.45, 7) is 18.9. The van der Waals surface area contributed by atoms with Gasteiger partial charge >= 0.3 is 0 Å². The van der Waals surface area contributed by atoms with E-state index in [1.165, 1.54) is 43.2 Å². The summed E-state index contributed by atoms with van der Waals surface area (Å²) in [4.78, 5) is 3.61. The predicted molar refractivity (Wildman–Crippen MR) is 122 cm³/mol. The number of hydrogen-bond acceptors (Lipinski definition) is 1. The molecule has 0 amide bonds. The lowest BCUT2D eigenvalue weighted by molar-refractivity contribution is 0.772. The van der Waals surface area contributed by atoms with E-state index in [2.05, 4.69) is 70.8 Å². The van der Waals surface area contributed by atoms with Gasteiger partial charge in [-0.3, -0.25) is 0 Å². The number of aliphatic imine (C=N–C) groups is 1. The molecule has 0 spiro atoms. The highest BCUT2D eigenvalue weighted by molar-refractivity contribution is 5.52. The molecule has 0 fully saturated rings. The van der Waals surface area contributed by atoms with Crippen LogP contribution in [-0.2, 0) is 0 Å². The van der Waals surface area contributed by atoms with Crippen LogP contribution >= 0.6 is 0 Å². The van der Waals surface area contributed by atoms with Crippen molar-refractivity contribution < 1.29 is 0 Å². The standard InChI is InChI=1S/C8H10.C5H12.C4H10.C4H8.C3H7N/c1-7-5-3-4-6-8(7)2;1-3-5-4-2;3*1-3-4-2/h3-6H,1-2H3;3-5H2,1-2H3;3-4H2,1-2H3;3-4H,1-2H3;3H,1-2H3/b;;;4-3-;. The van der Waals surface area contributed by atoms with Crippen molar-refractivity contribution in [3.63, 3.8) is 0 Å². The average molecular weight is 350 g/mol. The van der Waals surface area contributed by atoms with Crippen LogP contribution in [-0.4, -0.2) is 13.3 Å². The molecule has 0 atom stereocenters. The third kappa shape index (κ3) is 45.0. The van der Waals surface area contributed by atoms with Crippen LogP contribution in [0.25, 0.3) is 0 Å². The summed E-state index contributed by atoms with van der Waals surface area (Å²) in [6, 6.07) is 8.36. The van der Waals surface area contributed by atoms with Gasteiger partial charge in [0.1, 0.15) is 0 Å². The Bertz CT molecular complexity index is 321. The Kier molecular flexibility index (Phi) is 42.8. The number of hydrogen-bond donors (Lipinski definition) is 0. The molecular formula is C24H47N. The molecule has 1 aromatic carbocycles. The van der Waals surface area contributed by atoms with E-state index in [1.807, 2.05) is 32.9 Å². The molecule has 0 aliphatic carbocycles. The van der Waals surface area contributed by atoms with Crippen LogP contribution in [0.5, 0.6) is 0 Å². The molecule has 0 aliphatic rings. The van der Waals surface area contributed by atoms with Crippen LogP contribution in [0.2, 0.25) is 0 Å². The van der Waals surface area contributed by atoms with Crippen molar-refractivity contribution in [2.45, 2.75) is 94.4 Å². The first-order valence-corrected chi connectivity index (χ1v) is 9.93. The maximum absolute atomic E-state index is 3.61. The van der Waals surface area contributed by atoms with Crippen LogP contribution in [0.3, 0.4) is 0 Å². The van der Waals surface area contributed by atoms with Crippen molar-refractivity contribution in [2.24, 2.45) is 4.99 Å². The van der Waals surface area contributed by atoms with Crippen molar-refractivity contribution in [1.82, 2.24) is 0 Å². The van der Waals surface area contributed by atoms with Gasteiger partial charge in [0.05, 0.1) is 0 Å². The number of rotatable bonds is 3. The zero-order valence-electron chi connectivity index (χ0n) is 19.0. The van der Waals surface area contributed by atoms with Crippen molar-refractivity contribution in [2.75, 3.05) is 7.05 Å². The predicted octanol–water partition coefficient (Wildman–Crippen LogP) is 8.60. The zero-order chi connectivity index (χ0) is 20.3. The Hall–Kier alpha value is -1.37. The normalized spacial score (nSPS) is 8.88. The van der Waals surface area contributed by atoms with Crippen LogP contribution in [0, 0.1) is 13.8 Å². The Morgan fingerprint density at radius 1 is 0.720 bits per heavy atom. The molecule has 0 radical (unpaired) electrons. The Morgan fingerprint density at radius 3 is 1.12 bits per heavy atom. The second-order valence-corrected chi connectivity index (χ2v) is 5.62. The van der Waals surface area contributed by atoms with Gasteiger partial charge in [0, 0.05) is 7.05 Å². The number of aryl methyl sites for hydroxylation is 2. The first kappa shape index (κ1) is 31.4. The Balaban J connectivity index is -0.000000115. The van der Waals surface area contributed by atoms with Crippen LogP contribution < -0.4 is 0 Å². The SMILES string of the molecule is C/C=C\C.CC=NC.CCCC.CCCCC.Cc1ccccc1C. The van der Waals surface area contributed by atoms with E-state index in [0.29, 0.717) is 0 Å². The maximum Gasteiger partial charge on any atom is 0.0273 e. The molecular weight excluding hydrogens is 302 g/mol. The number of benzene rings is 1. The molecule has 0 saturated carbocycles. The fourth-order valence-electron chi connectivity index (χ4n) is 1.02. The second kappa shape index (κ2) is 34.1. The van der Waals surface area contributed by atoms with E-state index in [-0.39, 0.29) is 0 Å². The quantitative estimate of drug-likeness (QED) is 0.382. The van der Waals surface area contributed by atoms with Crippen molar-refractivity contribution in [3.05, 3.63) is 47.5 Å². The Labute approximate surface area is 160 Å². The number of unbranched alkanes of at least 4 members (excludes halogenated alkanes) is 3. The third-order valence-corrected chi connectivity index (χ3v) is 3.22. The maximum atomic E-state index is 3.61. The first-order valence-electron chi connectivity index (χ1n) is 9.93. The van der Waals surface area contributed by atoms with Gasteiger partial charge in [-0.25, -0.2) is 0 Å². The Morgan fingerprint density at radius 2 is 1.04 bits per heavy atom. The topological polar surface area (TPSA) is 12.4 Å². The molecule has 1 heteroatoms. The molecule has 1 rings (SSSR count). The van der Waals surface area contributed by atoms with E-state index in [9.17, 15) is 0 Å². The first-order chi connectivity index (χ1) is 12.0. The summed E-state index contributed by atoms with van der Waals surface area (Å²) in [6.07, 6.45) is 12.5. The largest absolute Gasteiger partial charge is 0.301 e. The molecule has 0 bridgehead atoms. The minimum absolute atomic E-state index is 1.32. The number of allylic oxidation sites excluding steroid dienone is 2. The van der Waals surface area contributed by atoms with Gasteiger partial charge in [0.2, 0.25) is 0 Å². The highest BCUT2D eigenvalue weighted by atomic mass is 14.6. The summed E-state index contributed by atoms with van der Waals surface area (Å²) < 4.78 is 0. The monoisotopic (exact) mass is 349 g/mol. The van der Waals surface area contributed by atoms with E-state index >= 15 is 0 Å². The molecule has 0 saturated heterocycles. The van der Waals surface area contributed by atoms with Crippen molar-refractivity contribution in [3.8, 4) is 0 Å². The van der Waals surface area contributed by atoms with Crippen LogP contribution in [0.1, 0.15) is 91.7 Å². The van der Waals surface area contributed by atoms with Gasteiger partial charge in [-0.2, -0.15) is 0 Å². The molecule has 0 heterocycles. The number of nitrogens with zero attached hydrogens (tertiary/aromatic N) is 1. The summed E-state index contributed by atoms with van der Waals surface area (Å²) in [5.74, 6) is 0. The third-order valence-electron chi connectivity index (χ3n) is 3.22. The van der Waals surface area contributed by atoms with Gasteiger partial charge in [-0.05, 0) is 52.0 Å². The minimum atomic E-state index is 1.32. The highest BCUT2D eigenvalue weighted by Gasteiger charge is 1.83. The summed E-state index contributed by atoms with van der Waals surface area (Å²) in [7, 11) is 1.75. The molecule has 0 N–H and O–H groups in total. The van der Waals surface area contributed by atoms with E-state index in [1.54, 1.807) is 13.3 Å².